The number of nitrogens with one attached hydrogen (secondary N) is 1. The molecule has 0 radical (unpaired) electrons. The third-order valence-electron chi connectivity index (χ3n) is 4.54. The Kier molecular flexibility index (Phi) is 5.70. The average molecular weight is 413 g/mol. The van der Waals surface area contributed by atoms with Crippen molar-refractivity contribution in [3.05, 3.63) is 101 Å². The van der Waals surface area contributed by atoms with Crippen molar-refractivity contribution >= 4 is 28.7 Å². The Morgan fingerprint density at radius 3 is 2.13 bits per heavy atom. The Hall–Kier alpha value is -4.46. The zero-order valence-corrected chi connectivity index (χ0v) is 16.7. The van der Waals surface area contributed by atoms with Gasteiger partial charge in [-0.15, -0.1) is 0 Å². The van der Waals surface area contributed by atoms with E-state index in [1.54, 1.807) is 36.2 Å². The normalized spacial score (nSPS) is 10.4. The lowest BCUT2D eigenvalue weighted by atomic mass is 10.2. The van der Waals surface area contributed by atoms with Crippen LogP contribution in [0.5, 0.6) is 11.5 Å². The summed E-state index contributed by atoms with van der Waals surface area (Å²) in [6.07, 6.45) is 1.30. The second-order valence-electron chi connectivity index (χ2n) is 6.61. The first-order valence-corrected chi connectivity index (χ1v) is 9.50. The average Bonchev–Trinajstić information content (AvgIpc) is 2.81. The van der Waals surface area contributed by atoms with E-state index in [1.165, 1.54) is 6.33 Å². The summed E-state index contributed by atoms with van der Waals surface area (Å²) in [6, 6.07) is 25.8. The smallest absolute Gasteiger partial charge is 0.354 e. The molecule has 154 valence electrons. The predicted molar refractivity (Wildman–Crippen MR) is 119 cm³/mol. The zero-order valence-electron chi connectivity index (χ0n) is 16.7. The van der Waals surface area contributed by atoms with Crippen LogP contribution >= 0.6 is 0 Å². The van der Waals surface area contributed by atoms with Crippen LogP contribution in [0.4, 0.5) is 28.7 Å². The lowest BCUT2D eigenvalue weighted by Gasteiger charge is -2.18. The molecular formula is C23H19N5O3. The van der Waals surface area contributed by atoms with Gasteiger partial charge in [-0.3, -0.25) is 10.1 Å². The first-order chi connectivity index (χ1) is 15.1. The van der Waals surface area contributed by atoms with Crippen LogP contribution in [0.2, 0.25) is 0 Å². The molecule has 1 heterocycles. The van der Waals surface area contributed by atoms with Gasteiger partial charge in [0.05, 0.1) is 4.92 Å². The maximum absolute atomic E-state index is 11.9. The lowest BCUT2D eigenvalue weighted by Crippen LogP contribution is -2.15. The van der Waals surface area contributed by atoms with Crippen molar-refractivity contribution in [2.24, 2.45) is 0 Å². The van der Waals surface area contributed by atoms with Gasteiger partial charge in [-0.1, -0.05) is 36.4 Å². The number of ether oxygens (including phenoxy) is 1. The maximum atomic E-state index is 11.9. The molecule has 0 aliphatic carbocycles. The van der Waals surface area contributed by atoms with Crippen LogP contribution in [0.25, 0.3) is 0 Å². The van der Waals surface area contributed by atoms with Crippen molar-refractivity contribution in [2.45, 2.75) is 0 Å². The van der Waals surface area contributed by atoms with Crippen LogP contribution in [-0.2, 0) is 0 Å². The SMILES string of the molecule is CN(c1ccccc1)c1ncnc(Nc2ccc(Oc3ccccc3)cc2)c1[N+](=O)[O-]. The Balaban J connectivity index is 1.59. The molecule has 0 saturated heterocycles. The molecule has 1 aromatic heterocycles. The number of aromatic nitrogens is 2. The van der Waals surface area contributed by atoms with Crippen LogP contribution in [0, 0.1) is 10.1 Å². The standard InChI is InChI=1S/C23H19N5O3/c1-27(18-8-4-2-5-9-18)23-21(28(29)30)22(24-16-25-23)26-17-12-14-20(15-13-17)31-19-10-6-3-7-11-19/h2-16H,1H3,(H,24,25,26). The molecular weight excluding hydrogens is 394 g/mol. The van der Waals surface area contributed by atoms with Gasteiger partial charge in [0.2, 0.25) is 11.6 Å². The minimum absolute atomic E-state index is 0.106. The summed E-state index contributed by atoms with van der Waals surface area (Å²) in [5.41, 5.74) is 1.20. The number of rotatable bonds is 7. The van der Waals surface area contributed by atoms with E-state index in [2.05, 4.69) is 15.3 Å². The number of nitro groups is 1. The highest BCUT2D eigenvalue weighted by Crippen LogP contribution is 2.36. The first-order valence-electron chi connectivity index (χ1n) is 9.50. The minimum atomic E-state index is -0.482. The van der Waals surface area contributed by atoms with Crippen molar-refractivity contribution in [2.75, 3.05) is 17.3 Å². The number of para-hydroxylation sites is 2. The number of anilines is 4. The molecule has 0 unspecified atom stereocenters. The van der Waals surface area contributed by atoms with Gasteiger partial charge in [-0.2, -0.15) is 0 Å². The topological polar surface area (TPSA) is 93.4 Å². The van der Waals surface area contributed by atoms with Gasteiger partial charge in [0.1, 0.15) is 17.8 Å². The summed E-state index contributed by atoms with van der Waals surface area (Å²) >= 11 is 0. The fourth-order valence-corrected chi connectivity index (χ4v) is 3.02. The van der Waals surface area contributed by atoms with Gasteiger partial charge in [0.25, 0.3) is 0 Å². The molecule has 0 aliphatic heterocycles. The molecule has 8 nitrogen and oxygen atoms in total. The Bertz CT molecular complexity index is 1170. The molecule has 0 aliphatic rings. The van der Waals surface area contributed by atoms with Crippen molar-refractivity contribution < 1.29 is 9.66 Å². The third-order valence-corrected chi connectivity index (χ3v) is 4.54. The minimum Gasteiger partial charge on any atom is -0.457 e. The van der Waals surface area contributed by atoms with Crippen molar-refractivity contribution in [1.82, 2.24) is 9.97 Å². The van der Waals surface area contributed by atoms with Gasteiger partial charge >= 0.3 is 5.69 Å². The Morgan fingerprint density at radius 2 is 1.48 bits per heavy atom. The van der Waals surface area contributed by atoms with Gasteiger partial charge < -0.3 is 15.0 Å². The van der Waals surface area contributed by atoms with Crippen LogP contribution in [0.3, 0.4) is 0 Å². The molecule has 4 rings (SSSR count). The summed E-state index contributed by atoms with van der Waals surface area (Å²) in [5.74, 6) is 1.67. The fraction of sp³-hybridized carbons (Fsp3) is 0.0435. The molecule has 3 aromatic carbocycles. The number of hydrogen-bond donors (Lipinski definition) is 1. The van der Waals surface area contributed by atoms with E-state index >= 15 is 0 Å². The highest BCUT2D eigenvalue weighted by Gasteiger charge is 2.26. The summed E-state index contributed by atoms with van der Waals surface area (Å²) in [5, 5.41) is 14.9. The third kappa shape index (κ3) is 4.59. The molecule has 0 spiro atoms. The van der Waals surface area contributed by atoms with Crippen LogP contribution in [-0.4, -0.2) is 21.9 Å². The number of nitrogens with zero attached hydrogens (tertiary/aromatic N) is 4. The van der Waals surface area contributed by atoms with Gasteiger partial charge in [-0.25, -0.2) is 9.97 Å². The molecule has 8 heteroatoms. The second kappa shape index (κ2) is 8.91. The first kappa shape index (κ1) is 19.8. The monoisotopic (exact) mass is 413 g/mol. The molecule has 0 bridgehead atoms. The molecule has 0 fully saturated rings. The van der Waals surface area contributed by atoms with Gasteiger partial charge in [-0.05, 0) is 48.5 Å². The molecule has 0 atom stereocenters. The highest BCUT2D eigenvalue weighted by molar-refractivity contribution is 5.77. The molecule has 31 heavy (non-hydrogen) atoms. The summed E-state index contributed by atoms with van der Waals surface area (Å²) in [4.78, 5) is 21.3. The zero-order chi connectivity index (χ0) is 21.6. The van der Waals surface area contributed by atoms with Crippen molar-refractivity contribution in [3.8, 4) is 11.5 Å². The van der Waals surface area contributed by atoms with Crippen molar-refractivity contribution in [3.63, 3.8) is 0 Å². The van der Waals surface area contributed by atoms with Gasteiger partial charge in [0.15, 0.2) is 0 Å². The molecule has 0 saturated carbocycles. The van der Waals surface area contributed by atoms with E-state index in [0.29, 0.717) is 11.4 Å². The van der Waals surface area contributed by atoms with E-state index in [9.17, 15) is 10.1 Å². The largest absolute Gasteiger partial charge is 0.457 e. The predicted octanol–water partition coefficient (Wildman–Crippen LogP) is 5.69. The second-order valence-corrected chi connectivity index (χ2v) is 6.61. The van der Waals surface area contributed by atoms with Crippen LogP contribution < -0.4 is 15.0 Å². The number of hydrogen-bond acceptors (Lipinski definition) is 7. The molecule has 4 aromatic rings. The highest BCUT2D eigenvalue weighted by atomic mass is 16.6. The Labute approximate surface area is 178 Å². The van der Waals surface area contributed by atoms with E-state index in [0.717, 1.165) is 11.4 Å². The summed E-state index contributed by atoms with van der Waals surface area (Å²) in [7, 11) is 1.73. The fourth-order valence-electron chi connectivity index (χ4n) is 3.02. The lowest BCUT2D eigenvalue weighted by molar-refractivity contribution is -0.383. The van der Waals surface area contributed by atoms with Crippen molar-refractivity contribution in [1.29, 1.82) is 0 Å². The van der Waals surface area contributed by atoms with E-state index in [1.807, 2.05) is 60.7 Å². The molecule has 1 N–H and O–H groups in total. The maximum Gasteiger partial charge on any atom is 0.354 e. The van der Waals surface area contributed by atoms with Gasteiger partial charge in [0, 0.05) is 18.4 Å². The molecule has 0 amide bonds. The van der Waals surface area contributed by atoms with Crippen LogP contribution in [0.1, 0.15) is 0 Å². The van der Waals surface area contributed by atoms with E-state index in [4.69, 9.17) is 4.74 Å². The van der Waals surface area contributed by atoms with E-state index in [-0.39, 0.29) is 17.3 Å². The number of benzene rings is 3. The van der Waals surface area contributed by atoms with Crippen LogP contribution in [0.15, 0.2) is 91.3 Å². The van der Waals surface area contributed by atoms with E-state index < -0.39 is 4.92 Å². The quantitative estimate of drug-likeness (QED) is 0.307. The summed E-state index contributed by atoms with van der Waals surface area (Å²) < 4.78 is 5.78. The summed E-state index contributed by atoms with van der Waals surface area (Å²) in [6.45, 7) is 0. The Morgan fingerprint density at radius 1 is 0.871 bits per heavy atom.